The zero-order chi connectivity index (χ0) is 14.5. The van der Waals surface area contributed by atoms with Crippen molar-refractivity contribution in [2.45, 2.75) is 23.8 Å². The fraction of sp³-hybridized carbons (Fsp3) is 0.462. The molecule has 0 aliphatic carbocycles. The molecule has 1 fully saturated rings. The van der Waals surface area contributed by atoms with Crippen LogP contribution in [0, 0.1) is 5.82 Å². The summed E-state index contributed by atoms with van der Waals surface area (Å²) in [4.78, 5) is 12.1. The van der Waals surface area contributed by atoms with E-state index < -0.39 is 16.6 Å². The number of nitrogens with two attached hydrogens (primary N) is 1. The highest BCUT2D eigenvalue weighted by atomic mass is 32.2. The fourth-order valence-electron chi connectivity index (χ4n) is 2.03. The molecule has 0 bridgehead atoms. The third kappa shape index (κ3) is 4.01. The number of carbonyl (C=O) groups excluding carboxylic acids is 1. The summed E-state index contributed by atoms with van der Waals surface area (Å²) in [5.41, 5.74) is 5.70. The number of rotatable bonds is 4. The summed E-state index contributed by atoms with van der Waals surface area (Å²) >= 11 is 0. The first-order chi connectivity index (χ1) is 9.56. The van der Waals surface area contributed by atoms with Crippen LogP contribution < -0.4 is 11.1 Å². The lowest BCUT2D eigenvalue weighted by molar-refractivity contribution is -0.119. The molecule has 1 aliphatic rings. The second-order valence-corrected chi connectivity index (χ2v) is 6.05. The number of halogens is 1. The van der Waals surface area contributed by atoms with E-state index in [1.807, 2.05) is 0 Å². The van der Waals surface area contributed by atoms with Crippen LogP contribution in [0.5, 0.6) is 0 Å². The molecule has 7 heteroatoms. The molecule has 20 heavy (non-hydrogen) atoms. The highest BCUT2D eigenvalue weighted by molar-refractivity contribution is 7.86. The molecule has 3 N–H and O–H groups in total. The molecule has 1 aliphatic heterocycles. The van der Waals surface area contributed by atoms with Gasteiger partial charge in [0, 0.05) is 19.3 Å². The van der Waals surface area contributed by atoms with E-state index in [1.54, 1.807) is 0 Å². The van der Waals surface area contributed by atoms with Crippen LogP contribution in [0.15, 0.2) is 23.1 Å². The Hall–Kier alpha value is -1.47. The largest absolute Gasteiger partial charge is 0.398 e. The molecule has 5 nitrogen and oxygen atoms in total. The lowest BCUT2D eigenvalue weighted by atomic mass is 10.1. The average Bonchev–Trinajstić information content (AvgIpc) is 2.39. The van der Waals surface area contributed by atoms with Gasteiger partial charge in [-0.25, -0.2) is 4.39 Å². The molecule has 0 aromatic heterocycles. The maximum Gasteiger partial charge on any atom is 0.233 e. The van der Waals surface area contributed by atoms with Crippen LogP contribution in [-0.2, 0) is 20.3 Å². The number of carbonyl (C=O) groups is 1. The lowest BCUT2D eigenvalue weighted by Crippen LogP contribution is -2.40. The maximum atomic E-state index is 12.9. The number of benzene rings is 1. The summed E-state index contributed by atoms with van der Waals surface area (Å²) in [6.07, 6.45) is 1.52. The van der Waals surface area contributed by atoms with Gasteiger partial charge >= 0.3 is 0 Å². The Morgan fingerprint density at radius 3 is 2.80 bits per heavy atom. The van der Waals surface area contributed by atoms with Crippen molar-refractivity contribution in [2.75, 3.05) is 24.7 Å². The summed E-state index contributed by atoms with van der Waals surface area (Å²) in [6.45, 7) is 1.25. The van der Waals surface area contributed by atoms with Gasteiger partial charge in [-0.2, -0.15) is 0 Å². The molecule has 0 radical (unpaired) electrons. The number of hydrogen-bond acceptors (Lipinski definition) is 4. The number of amides is 1. The predicted molar refractivity (Wildman–Crippen MR) is 74.1 cm³/mol. The van der Waals surface area contributed by atoms with Crippen LogP contribution in [0.2, 0.25) is 0 Å². The monoisotopic (exact) mass is 300 g/mol. The van der Waals surface area contributed by atoms with Gasteiger partial charge in [0.05, 0.1) is 21.4 Å². The average molecular weight is 300 g/mol. The van der Waals surface area contributed by atoms with Gasteiger partial charge in [-0.1, -0.05) is 0 Å². The smallest absolute Gasteiger partial charge is 0.233 e. The Morgan fingerprint density at radius 1 is 1.45 bits per heavy atom. The van der Waals surface area contributed by atoms with Gasteiger partial charge in [-0.15, -0.1) is 0 Å². The lowest BCUT2D eigenvalue weighted by Gasteiger charge is -2.23. The van der Waals surface area contributed by atoms with Gasteiger partial charge in [0.2, 0.25) is 5.91 Å². The van der Waals surface area contributed by atoms with Gasteiger partial charge in [0.1, 0.15) is 11.6 Å². The number of nitrogen functional groups attached to an aromatic ring is 1. The number of hydrogen-bond donors (Lipinski definition) is 2. The second kappa shape index (κ2) is 6.81. The van der Waals surface area contributed by atoms with Crippen LogP contribution in [0.1, 0.15) is 12.8 Å². The second-order valence-electron chi connectivity index (χ2n) is 4.63. The van der Waals surface area contributed by atoms with Crippen molar-refractivity contribution in [1.82, 2.24) is 5.32 Å². The molecular formula is C13H17FN2O3S. The van der Waals surface area contributed by atoms with Gasteiger partial charge in [-0.3, -0.25) is 9.00 Å². The normalized spacial score (nSPS) is 17.6. The highest BCUT2D eigenvalue weighted by Gasteiger charge is 2.18. The SMILES string of the molecule is Nc1cc(F)ccc1S(=O)CC(=O)NC1CCOCC1. The third-order valence-electron chi connectivity index (χ3n) is 3.07. The molecule has 110 valence electrons. The van der Waals surface area contributed by atoms with Crippen molar-refractivity contribution in [3.63, 3.8) is 0 Å². The Balaban J connectivity index is 1.91. The van der Waals surface area contributed by atoms with Crippen molar-refractivity contribution >= 4 is 22.4 Å². The Bertz CT molecular complexity index is 518. The fourth-order valence-corrected chi connectivity index (χ4v) is 3.05. The molecule has 0 spiro atoms. The van der Waals surface area contributed by atoms with Crippen LogP contribution in [0.25, 0.3) is 0 Å². The van der Waals surface area contributed by atoms with Crippen LogP contribution in [0.3, 0.4) is 0 Å². The van der Waals surface area contributed by atoms with Crippen LogP contribution in [-0.4, -0.2) is 35.1 Å². The van der Waals surface area contributed by atoms with Crippen molar-refractivity contribution in [2.24, 2.45) is 0 Å². The third-order valence-corrected chi connectivity index (χ3v) is 4.45. The number of nitrogens with one attached hydrogen (secondary N) is 1. The topological polar surface area (TPSA) is 81.4 Å². The molecule has 1 atom stereocenters. The minimum Gasteiger partial charge on any atom is -0.398 e. The summed E-state index contributed by atoms with van der Waals surface area (Å²) in [7, 11) is -1.57. The Morgan fingerprint density at radius 2 is 2.15 bits per heavy atom. The van der Waals surface area contributed by atoms with Gasteiger partial charge < -0.3 is 15.8 Å². The van der Waals surface area contributed by atoms with E-state index in [4.69, 9.17) is 10.5 Å². The zero-order valence-corrected chi connectivity index (χ0v) is 11.7. The standard InChI is InChI=1S/C13H17FN2O3S/c14-9-1-2-12(11(15)7-9)20(18)8-13(17)16-10-3-5-19-6-4-10/h1-2,7,10H,3-6,8,15H2,(H,16,17). The van der Waals surface area contributed by atoms with Crippen LogP contribution in [0.4, 0.5) is 10.1 Å². The molecule has 1 aromatic rings. The summed E-state index contributed by atoms with van der Waals surface area (Å²) in [5.74, 6) is -0.957. The first-order valence-electron chi connectivity index (χ1n) is 6.37. The van der Waals surface area contributed by atoms with E-state index in [2.05, 4.69) is 5.32 Å². The molecule has 1 amide bonds. The number of anilines is 1. The van der Waals surface area contributed by atoms with E-state index in [-0.39, 0.29) is 28.3 Å². The minimum absolute atomic E-state index is 0.0683. The molecule has 1 unspecified atom stereocenters. The quantitative estimate of drug-likeness (QED) is 0.806. The van der Waals surface area contributed by atoms with Crippen molar-refractivity contribution in [3.05, 3.63) is 24.0 Å². The van der Waals surface area contributed by atoms with Gasteiger partial charge in [0.15, 0.2) is 0 Å². The molecule has 1 saturated heterocycles. The van der Waals surface area contributed by atoms with E-state index in [0.717, 1.165) is 18.9 Å². The first-order valence-corrected chi connectivity index (χ1v) is 7.68. The predicted octanol–water partition coefficient (Wildman–Crippen LogP) is 0.811. The van der Waals surface area contributed by atoms with Gasteiger partial charge in [0.25, 0.3) is 0 Å². The molecule has 1 heterocycles. The van der Waals surface area contributed by atoms with Gasteiger partial charge in [-0.05, 0) is 31.0 Å². The molecular weight excluding hydrogens is 283 g/mol. The molecule has 2 rings (SSSR count). The highest BCUT2D eigenvalue weighted by Crippen LogP contribution is 2.17. The van der Waals surface area contributed by atoms with Crippen molar-refractivity contribution in [1.29, 1.82) is 0 Å². The molecule has 1 aromatic carbocycles. The van der Waals surface area contributed by atoms with E-state index in [1.165, 1.54) is 12.1 Å². The minimum atomic E-state index is -1.57. The molecule has 0 saturated carbocycles. The number of ether oxygens (including phenoxy) is 1. The van der Waals surface area contributed by atoms with E-state index >= 15 is 0 Å². The van der Waals surface area contributed by atoms with Crippen molar-refractivity contribution in [3.8, 4) is 0 Å². The van der Waals surface area contributed by atoms with Crippen LogP contribution >= 0.6 is 0 Å². The summed E-state index contributed by atoms with van der Waals surface area (Å²) < 4.78 is 30.2. The summed E-state index contributed by atoms with van der Waals surface area (Å²) in [5, 5.41) is 2.82. The Kier molecular flexibility index (Phi) is 5.08. The van der Waals surface area contributed by atoms with E-state index in [0.29, 0.717) is 13.2 Å². The Labute approximate surface area is 119 Å². The zero-order valence-electron chi connectivity index (χ0n) is 10.9. The first kappa shape index (κ1) is 14.9. The van der Waals surface area contributed by atoms with E-state index in [9.17, 15) is 13.4 Å². The maximum absolute atomic E-state index is 12.9. The van der Waals surface area contributed by atoms with Crippen molar-refractivity contribution < 1.29 is 18.1 Å². The summed E-state index contributed by atoms with van der Waals surface area (Å²) in [6, 6.07) is 3.70.